The molecule has 48 valence electrons. The van der Waals surface area contributed by atoms with E-state index in [2.05, 4.69) is 4.98 Å². The van der Waals surface area contributed by atoms with Crippen molar-refractivity contribution in [1.29, 1.82) is 0 Å². The van der Waals surface area contributed by atoms with E-state index in [1.165, 1.54) is 12.8 Å². The van der Waals surface area contributed by atoms with Crippen LogP contribution >= 0.6 is 0 Å². The molecule has 0 spiro atoms. The van der Waals surface area contributed by atoms with E-state index in [9.17, 15) is 0 Å². The molecule has 0 unspecified atom stereocenters. The summed E-state index contributed by atoms with van der Waals surface area (Å²) in [6.45, 7) is 0. The second-order valence-corrected chi connectivity index (χ2v) is 2.56. The monoisotopic (exact) mass is 123 g/mol. The molecule has 9 heavy (non-hydrogen) atoms. The molecule has 1 aliphatic rings. The topological polar surface area (TPSA) is 36.0 Å². The Bertz CT molecular complexity index is 212. The minimum atomic E-state index is 0.359. The van der Waals surface area contributed by atoms with Gasteiger partial charge in [-0.2, -0.15) is 0 Å². The molecular weight excluding hydrogens is 114 g/mol. The second kappa shape index (κ2) is 1.53. The Hall–Kier alpha value is -0.920. The van der Waals surface area contributed by atoms with Crippen molar-refractivity contribution < 1.29 is 5.11 Å². The maximum Gasteiger partial charge on any atom is 0.191 e. The number of hydrogen-bond acceptors (Lipinski definition) is 1. The smallest absolute Gasteiger partial charge is 0.191 e. The number of rotatable bonds is 1. The fourth-order valence-corrected chi connectivity index (χ4v) is 1.10. The molecule has 2 heteroatoms. The van der Waals surface area contributed by atoms with Gasteiger partial charge in [-0.25, -0.2) is 0 Å². The highest BCUT2D eigenvalue weighted by Crippen LogP contribution is 2.43. The Kier molecular flexibility index (Phi) is 0.835. The molecule has 1 aromatic heterocycles. The SMILES string of the molecule is Oc1[nH]ccc1C1CC1. The molecule has 1 aliphatic carbocycles. The van der Waals surface area contributed by atoms with Gasteiger partial charge in [-0.05, 0) is 24.8 Å². The summed E-state index contributed by atoms with van der Waals surface area (Å²) in [6, 6.07) is 1.95. The van der Waals surface area contributed by atoms with Crippen molar-refractivity contribution in [2.24, 2.45) is 0 Å². The summed E-state index contributed by atoms with van der Waals surface area (Å²) >= 11 is 0. The third-order valence-corrected chi connectivity index (χ3v) is 1.77. The van der Waals surface area contributed by atoms with Crippen LogP contribution in [0.3, 0.4) is 0 Å². The van der Waals surface area contributed by atoms with Crippen LogP contribution in [0.1, 0.15) is 24.3 Å². The van der Waals surface area contributed by atoms with E-state index in [0.29, 0.717) is 11.8 Å². The van der Waals surface area contributed by atoms with Gasteiger partial charge < -0.3 is 10.1 Å². The fraction of sp³-hybridized carbons (Fsp3) is 0.429. The van der Waals surface area contributed by atoms with Gasteiger partial charge in [0.25, 0.3) is 0 Å². The average molecular weight is 123 g/mol. The molecule has 0 saturated heterocycles. The van der Waals surface area contributed by atoms with Gasteiger partial charge in [0.05, 0.1) is 0 Å². The second-order valence-electron chi connectivity index (χ2n) is 2.56. The highest BCUT2D eigenvalue weighted by atomic mass is 16.3. The lowest BCUT2D eigenvalue weighted by molar-refractivity contribution is 0.450. The number of aromatic nitrogens is 1. The van der Waals surface area contributed by atoms with Crippen molar-refractivity contribution >= 4 is 0 Å². The first-order valence-corrected chi connectivity index (χ1v) is 3.24. The van der Waals surface area contributed by atoms with Crippen LogP contribution < -0.4 is 0 Å². The van der Waals surface area contributed by atoms with Crippen LogP contribution in [0, 0.1) is 0 Å². The van der Waals surface area contributed by atoms with Gasteiger partial charge in [0, 0.05) is 11.8 Å². The summed E-state index contributed by atoms with van der Waals surface area (Å²) in [5.41, 5.74) is 1.09. The first-order valence-electron chi connectivity index (χ1n) is 3.24. The van der Waals surface area contributed by atoms with E-state index in [1.54, 1.807) is 6.20 Å². The molecule has 0 aromatic carbocycles. The molecule has 0 bridgehead atoms. The highest BCUT2D eigenvalue weighted by molar-refractivity contribution is 5.31. The molecule has 2 rings (SSSR count). The van der Waals surface area contributed by atoms with Crippen molar-refractivity contribution in [3.8, 4) is 5.88 Å². The minimum absolute atomic E-state index is 0.359. The predicted octanol–water partition coefficient (Wildman–Crippen LogP) is 1.60. The van der Waals surface area contributed by atoms with E-state index in [1.807, 2.05) is 6.07 Å². The lowest BCUT2D eigenvalue weighted by atomic mass is 10.2. The summed E-state index contributed by atoms with van der Waals surface area (Å²) in [4.78, 5) is 2.75. The Morgan fingerprint density at radius 3 is 2.78 bits per heavy atom. The maximum absolute atomic E-state index is 9.11. The third kappa shape index (κ3) is 0.707. The van der Waals surface area contributed by atoms with Crippen molar-refractivity contribution in [2.45, 2.75) is 18.8 Å². The van der Waals surface area contributed by atoms with Crippen molar-refractivity contribution in [3.05, 3.63) is 17.8 Å². The van der Waals surface area contributed by atoms with Gasteiger partial charge in [0.1, 0.15) is 0 Å². The van der Waals surface area contributed by atoms with Gasteiger partial charge in [0.2, 0.25) is 0 Å². The summed E-state index contributed by atoms with van der Waals surface area (Å²) in [5, 5.41) is 9.11. The number of hydrogen-bond donors (Lipinski definition) is 2. The molecule has 1 aromatic rings. The molecule has 2 N–H and O–H groups in total. The largest absolute Gasteiger partial charge is 0.494 e. The van der Waals surface area contributed by atoms with Crippen LogP contribution in [0.25, 0.3) is 0 Å². The summed E-state index contributed by atoms with van der Waals surface area (Å²) in [7, 11) is 0. The van der Waals surface area contributed by atoms with Crippen molar-refractivity contribution in [1.82, 2.24) is 4.98 Å². The van der Waals surface area contributed by atoms with Crippen LogP contribution in [0.2, 0.25) is 0 Å². The number of nitrogens with one attached hydrogen (secondary N) is 1. The third-order valence-electron chi connectivity index (χ3n) is 1.77. The van der Waals surface area contributed by atoms with Crippen LogP contribution in [0.15, 0.2) is 12.3 Å². The van der Waals surface area contributed by atoms with E-state index in [4.69, 9.17) is 5.11 Å². The summed E-state index contributed by atoms with van der Waals surface area (Å²) in [6.07, 6.45) is 4.26. The van der Waals surface area contributed by atoms with Crippen molar-refractivity contribution in [3.63, 3.8) is 0 Å². The molecule has 2 nitrogen and oxygen atoms in total. The normalized spacial score (nSPS) is 18.2. The molecule has 1 saturated carbocycles. The molecule has 0 amide bonds. The fourth-order valence-electron chi connectivity index (χ4n) is 1.10. The van der Waals surface area contributed by atoms with Crippen LogP contribution in [0.4, 0.5) is 0 Å². The quantitative estimate of drug-likeness (QED) is 0.584. The lowest BCUT2D eigenvalue weighted by Gasteiger charge is -1.89. The van der Waals surface area contributed by atoms with Crippen LogP contribution in [-0.2, 0) is 0 Å². The van der Waals surface area contributed by atoms with Crippen LogP contribution in [0.5, 0.6) is 5.88 Å². The first kappa shape index (κ1) is 4.91. The molecule has 0 atom stereocenters. The lowest BCUT2D eigenvalue weighted by Crippen LogP contribution is -1.72. The highest BCUT2D eigenvalue weighted by Gasteiger charge is 2.26. The van der Waals surface area contributed by atoms with E-state index < -0.39 is 0 Å². The number of aromatic amines is 1. The number of aromatic hydroxyl groups is 1. The summed E-state index contributed by atoms with van der Waals surface area (Å²) in [5.74, 6) is 1.01. The van der Waals surface area contributed by atoms with Gasteiger partial charge >= 0.3 is 0 Å². The first-order chi connectivity index (χ1) is 4.38. The van der Waals surface area contributed by atoms with Crippen molar-refractivity contribution in [2.75, 3.05) is 0 Å². The molecular formula is C7H9NO. The van der Waals surface area contributed by atoms with E-state index in [0.717, 1.165) is 5.56 Å². The minimum Gasteiger partial charge on any atom is -0.494 e. The zero-order valence-corrected chi connectivity index (χ0v) is 5.09. The van der Waals surface area contributed by atoms with Gasteiger partial charge in [-0.15, -0.1) is 0 Å². The van der Waals surface area contributed by atoms with Gasteiger partial charge in [-0.3, -0.25) is 0 Å². The Balaban J connectivity index is 2.35. The molecule has 0 radical (unpaired) electrons. The molecule has 1 heterocycles. The number of H-pyrrole nitrogens is 1. The molecule has 1 fully saturated rings. The van der Waals surface area contributed by atoms with Crippen LogP contribution in [-0.4, -0.2) is 10.1 Å². The van der Waals surface area contributed by atoms with Gasteiger partial charge in [0.15, 0.2) is 5.88 Å². The average Bonchev–Trinajstić information content (AvgIpc) is 2.58. The zero-order chi connectivity index (χ0) is 6.27. The van der Waals surface area contributed by atoms with E-state index >= 15 is 0 Å². The Morgan fingerprint density at radius 2 is 2.33 bits per heavy atom. The maximum atomic E-state index is 9.11. The Labute approximate surface area is 53.5 Å². The van der Waals surface area contributed by atoms with E-state index in [-0.39, 0.29) is 0 Å². The molecule has 0 aliphatic heterocycles. The standard InChI is InChI=1S/C7H9NO/c9-7-6(3-4-8-7)5-1-2-5/h3-5,8-9H,1-2H2. The van der Waals surface area contributed by atoms with Gasteiger partial charge in [-0.1, -0.05) is 0 Å². The summed E-state index contributed by atoms with van der Waals surface area (Å²) < 4.78 is 0. The predicted molar refractivity (Wildman–Crippen MR) is 34.4 cm³/mol. The Morgan fingerprint density at radius 1 is 1.56 bits per heavy atom. The zero-order valence-electron chi connectivity index (χ0n) is 5.09.